The lowest BCUT2D eigenvalue weighted by molar-refractivity contribution is 0.545. The Hall–Kier alpha value is -0.520. The fourth-order valence-corrected chi connectivity index (χ4v) is 1.90. The summed E-state index contributed by atoms with van der Waals surface area (Å²) in [6.07, 6.45) is 7.51. The highest BCUT2D eigenvalue weighted by atomic mass is 14.3. The molecule has 54 valence electrons. The van der Waals surface area contributed by atoms with Crippen LogP contribution in [0.3, 0.4) is 0 Å². The maximum atomic E-state index is 2.44. The van der Waals surface area contributed by atoms with Gasteiger partial charge in [0.05, 0.1) is 0 Å². The van der Waals surface area contributed by atoms with E-state index in [9.17, 15) is 0 Å². The molecular formula is C10H14. The molecule has 2 rings (SSSR count). The summed E-state index contributed by atoms with van der Waals surface area (Å²) in [7, 11) is 0. The van der Waals surface area contributed by atoms with E-state index in [2.05, 4.69) is 26.0 Å². The van der Waals surface area contributed by atoms with Gasteiger partial charge in [0.1, 0.15) is 0 Å². The first-order chi connectivity index (χ1) is 4.75. The van der Waals surface area contributed by atoms with Crippen molar-refractivity contribution < 1.29 is 0 Å². The monoisotopic (exact) mass is 134 g/mol. The van der Waals surface area contributed by atoms with E-state index in [1.807, 2.05) is 0 Å². The Kier molecular flexibility index (Phi) is 1.23. The van der Waals surface area contributed by atoms with Crippen LogP contribution in [0.1, 0.15) is 26.7 Å². The maximum Gasteiger partial charge on any atom is -0.00264 e. The van der Waals surface area contributed by atoms with Gasteiger partial charge in [-0.1, -0.05) is 26.0 Å². The molecule has 0 N–H and O–H groups in total. The van der Waals surface area contributed by atoms with Gasteiger partial charge in [-0.05, 0) is 35.8 Å². The summed E-state index contributed by atoms with van der Waals surface area (Å²) in [5, 5.41) is 0. The Labute approximate surface area is 62.6 Å². The van der Waals surface area contributed by atoms with E-state index in [4.69, 9.17) is 0 Å². The Morgan fingerprint density at radius 3 is 2.10 bits per heavy atom. The molecule has 0 amide bonds. The molecule has 2 aliphatic rings. The van der Waals surface area contributed by atoms with Gasteiger partial charge in [0.2, 0.25) is 0 Å². The summed E-state index contributed by atoms with van der Waals surface area (Å²) < 4.78 is 0. The van der Waals surface area contributed by atoms with Crippen LogP contribution in [0.4, 0.5) is 0 Å². The molecule has 10 heavy (non-hydrogen) atoms. The first kappa shape index (κ1) is 6.21. The summed E-state index contributed by atoms with van der Waals surface area (Å²) in [5.74, 6) is 1.61. The van der Waals surface area contributed by atoms with Gasteiger partial charge in [-0.25, -0.2) is 0 Å². The quantitative estimate of drug-likeness (QED) is 0.478. The average Bonchev–Trinajstić information content (AvgIpc) is 2.43. The van der Waals surface area contributed by atoms with Crippen molar-refractivity contribution in [3.05, 3.63) is 23.3 Å². The Balaban J connectivity index is 2.23. The Morgan fingerprint density at radius 2 is 1.60 bits per heavy atom. The average molecular weight is 134 g/mol. The summed E-state index contributed by atoms with van der Waals surface area (Å²) in [6, 6.07) is 0. The van der Waals surface area contributed by atoms with Crippen molar-refractivity contribution in [2.24, 2.45) is 11.8 Å². The third-order valence-electron chi connectivity index (χ3n) is 2.38. The molecule has 0 aromatic heterocycles. The third-order valence-corrected chi connectivity index (χ3v) is 2.38. The van der Waals surface area contributed by atoms with Crippen LogP contribution in [0.25, 0.3) is 0 Å². The topological polar surface area (TPSA) is 0 Å². The highest BCUT2D eigenvalue weighted by molar-refractivity contribution is 5.51. The molecule has 0 aromatic carbocycles. The van der Waals surface area contributed by atoms with Crippen molar-refractivity contribution in [2.45, 2.75) is 26.7 Å². The van der Waals surface area contributed by atoms with Crippen LogP contribution in [-0.4, -0.2) is 0 Å². The molecule has 2 aliphatic carbocycles. The zero-order valence-electron chi connectivity index (χ0n) is 6.72. The Morgan fingerprint density at radius 1 is 1.10 bits per heavy atom. The highest BCUT2D eigenvalue weighted by Gasteiger charge is 2.25. The minimum Gasteiger partial charge on any atom is -0.0778 e. The highest BCUT2D eigenvalue weighted by Crippen LogP contribution is 2.42. The van der Waals surface area contributed by atoms with Crippen LogP contribution < -0.4 is 0 Å². The molecule has 0 radical (unpaired) electrons. The summed E-state index contributed by atoms with van der Waals surface area (Å²) in [5.41, 5.74) is 3.24. The smallest absolute Gasteiger partial charge is 0.00264 e. The predicted molar refractivity (Wildman–Crippen MR) is 43.7 cm³/mol. The number of hydrogen-bond donors (Lipinski definition) is 0. The minimum absolute atomic E-state index is 0.807. The zero-order valence-corrected chi connectivity index (χ0v) is 6.72. The molecular weight excluding hydrogens is 120 g/mol. The maximum absolute atomic E-state index is 2.44. The first-order valence-electron chi connectivity index (χ1n) is 4.17. The van der Waals surface area contributed by atoms with E-state index in [0.717, 1.165) is 11.8 Å². The van der Waals surface area contributed by atoms with E-state index < -0.39 is 0 Å². The lowest BCUT2D eigenvalue weighted by atomic mass is 9.98. The molecule has 0 saturated heterocycles. The van der Waals surface area contributed by atoms with Crippen LogP contribution >= 0.6 is 0 Å². The second-order valence-corrected chi connectivity index (χ2v) is 3.75. The van der Waals surface area contributed by atoms with E-state index in [1.54, 1.807) is 11.1 Å². The molecule has 0 spiro atoms. The largest absolute Gasteiger partial charge is 0.0778 e. The van der Waals surface area contributed by atoms with Crippen LogP contribution in [-0.2, 0) is 0 Å². The second-order valence-electron chi connectivity index (χ2n) is 3.75. The van der Waals surface area contributed by atoms with Crippen molar-refractivity contribution >= 4 is 0 Å². The van der Waals surface area contributed by atoms with E-state index in [-0.39, 0.29) is 0 Å². The van der Waals surface area contributed by atoms with Crippen molar-refractivity contribution in [1.82, 2.24) is 0 Å². The second kappa shape index (κ2) is 1.98. The van der Waals surface area contributed by atoms with Gasteiger partial charge in [0, 0.05) is 0 Å². The molecule has 0 aromatic rings. The van der Waals surface area contributed by atoms with Crippen molar-refractivity contribution in [2.75, 3.05) is 0 Å². The molecule has 0 heterocycles. The molecule has 1 fully saturated rings. The van der Waals surface area contributed by atoms with Gasteiger partial charge in [0.25, 0.3) is 0 Å². The number of rotatable bonds is 0. The minimum atomic E-state index is 0.807. The predicted octanol–water partition coefficient (Wildman–Crippen LogP) is 2.92. The fraction of sp³-hybridized carbons (Fsp3) is 0.600. The lowest BCUT2D eigenvalue weighted by Crippen LogP contribution is -1.96. The van der Waals surface area contributed by atoms with Crippen molar-refractivity contribution in [3.8, 4) is 0 Å². The fourth-order valence-electron chi connectivity index (χ4n) is 1.90. The van der Waals surface area contributed by atoms with E-state index in [1.165, 1.54) is 12.8 Å². The zero-order chi connectivity index (χ0) is 7.14. The van der Waals surface area contributed by atoms with Gasteiger partial charge in [-0.2, -0.15) is 0 Å². The summed E-state index contributed by atoms with van der Waals surface area (Å²) >= 11 is 0. The molecule has 1 saturated carbocycles. The molecule has 0 nitrogen and oxygen atoms in total. The van der Waals surface area contributed by atoms with Gasteiger partial charge >= 0.3 is 0 Å². The molecule has 0 heteroatoms. The lowest BCUT2D eigenvalue weighted by Gasteiger charge is -2.07. The summed E-state index contributed by atoms with van der Waals surface area (Å²) in [4.78, 5) is 0. The van der Waals surface area contributed by atoms with Gasteiger partial charge in [0.15, 0.2) is 0 Å². The Bertz CT molecular complexity index is 186. The number of allylic oxidation sites excluding steroid dienone is 4. The third kappa shape index (κ3) is 1.03. The SMILES string of the molecule is CC1C=C2CC2=CC(C)C1. The molecule has 0 aliphatic heterocycles. The van der Waals surface area contributed by atoms with Gasteiger partial charge < -0.3 is 0 Å². The van der Waals surface area contributed by atoms with Crippen LogP contribution in [0.2, 0.25) is 0 Å². The van der Waals surface area contributed by atoms with Gasteiger partial charge in [-0.15, -0.1) is 0 Å². The van der Waals surface area contributed by atoms with Crippen molar-refractivity contribution in [1.29, 1.82) is 0 Å². The normalized spacial score (nSPS) is 37.4. The number of hydrogen-bond acceptors (Lipinski definition) is 0. The van der Waals surface area contributed by atoms with E-state index >= 15 is 0 Å². The van der Waals surface area contributed by atoms with Crippen LogP contribution in [0.15, 0.2) is 23.3 Å². The molecule has 0 bridgehead atoms. The van der Waals surface area contributed by atoms with Crippen LogP contribution in [0.5, 0.6) is 0 Å². The molecule has 2 unspecified atom stereocenters. The van der Waals surface area contributed by atoms with Gasteiger partial charge in [-0.3, -0.25) is 0 Å². The summed E-state index contributed by atoms with van der Waals surface area (Å²) in [6.45, 7) is 4.64. The number of fused-ring (bicyclic) bond motifs is 1. The van der Waals surface area contributed by atoms with E-state index in [0.29, 0.717) is 0 Å². The standard InChI is InChI=1S/C10H14/c1-7-3-8(2)5-10-6-9(10)4-7/h4-5,7-8H,3,6H2,1-2H3. The molecule has 2 atom stereocenters. The first-order valence-corrected chi connectivity index (χ1v) is 4.17. The van der Waals surface area contributed by atoms with Crippen LogP contribution in [0, 0.1) is 11.8 Å². The van der Waals surface area contributed by atoms with Crippen molar-refractivity contribution in [3.63, 3.8) is 0 Å².